The summed E-state index contributed by atoms with van der Waals surface area (Å²) in [6.45, 7) is 6.34. The molecule has 0 fully saturated rings. The lowest BCUT2D eigenvalue weighted by Crippen LogP contribution is -1.95. The Morgan fingerprint density at radius 3 is 2.47 bits per heavy atom. The van der Waals surface area contributed by atoms with E-state index in [0.717, 1.165) is 27.4 Å². The SMILES string of the molecule is COc1ccc(-c2nc(C)n(C)c2Br)cc1C(C)C. The minimum atomic E-state index is 0.415. The number of aromatic nitrogens is 2. The van der Waals surface area contributed by atoms with Crippen molar-refractivity contribution in [2.75, 3.05) is 7.11 Å². The van der Waals surface area contributed by atoms with Crippen LogP contribution in [0.25, 0.3) is 11.3 Å². The summed E-state index contributed by atoms with van der Waals surface area (Å²) in [6, 6.07) is 6.23. The van der Waals surface area contributed by atoms with Gasteiger partial charge in [-0.25, -0.2) is 4.98 Å². The number of ether oxygens (including phenoxy) is 1. The molecule has 1 aromatic carbocycles. The lowest BCUT2D eigenvalue weighted by atomic mass is 9.98. The van der Waals surface area contributed by atoms with Crippen molar-refractivity contribution in [3.8, 4) is 17.0 Å². The molecule has 0 saturated heterocycles. The van der Waals surface area contributed by atoms with Crippen molar-refractivity contribution in [1.29, 1.82) is 0 Å². The summed E-state index contributed by atoms with van der Waals surface area (Å²) >= 11 is 3.60. The third-order valence-corrected chi connectivity index (χ3v) is 4.28. The van der Waals surface area contributed by atoms with Crippen molar-refractivity contribution in [3.05, 3.63) is 34.2 Å². The second-order valence-electron chi connectivity index (χ2n) is 4.97. The van der Waals surface area contributed by atoms with E-state index in [1.807, 2.05) is 24.6 Å². The third kappa shape index (κ3) is 2.54. The minimum Gasteiger partial charge on any atom is -0.496 e. The number of imidazole rings is 1. The summed E-state index contributed by atoms with van der Waals surface area (Å²) < 4.78 is 8.46. The molecule has 0 unspecified atom stereocenters. The molecule has 0 atom stereocenters. The van der Waals surface area contributed by atoms with E-state index in [9.17, 15) is 0 Å². The number of hydrogen-bond donors (Lipinski definition) is 0. The molecule has 0 amide bonds. The van der Waals surface area contributed by atoms with Crippen molar-refractivity contribution in [3.63, 3.8) is 0 Å². The van der Waals surface area contributed by atoms with Crippen LogP contribution in [0, 0.1) is 6.92 Å². The zero-order valence-corrected chi connectivity index (χ0v) is 13.6. The van der Waals surface area contributed by atoms with Crippen molar-refractivity contribution in [2.45, 2.75) is 26.7 Å². The van der Waals surface area contributed by atoms with E-state index < -0.39 is 0 Å². The number of aryl methyl sites for hydroxylation is 1. The van der Waals surface area contributed by atoms with E-state index in [4.69, 9.17) is 4.74 Å². The van der Waals surface area contributed by atoms with E-state index in [1.165, 1.54) is 5.56 Å². The van der Waals surface area contributed by atoms with Crippen LogP contribution in [-0.2, 0) is 7.05 Å². The standard InChI is InChI=1S/C15H19BrN2O/c1-9(2)12-8-11(6-7-13(12)19-5)14-15(16)18(4)10(3)17-14/h6-9H,1-5H3. The summed E-state index contributed by atoms with van der Waals surface area (Å²) in [5.41, 5.74) is 3.29. The highest BCUT2D eigenvalue weighted by molar-refractivity contribution is 9.10. The van der Waals surface area contributed by atoms with Gasteiger partial charge in [-0.15, -0.1) is 0 Å². The van der Waals surface area contributed by atoms with Crippen LogP contribution in [0.1, 0.15) is 31.2 Å². The summed E-state index contributed by atoms with van der Waals surface area (Å²) in [6.07, 6.45) is 0. The maximum atomic E-state index is 5.42. The van der Waals surface area contributed by atoms with Gasteiger partial charge in [0.25, 0.3) is 0 Å². The van der Waals surface area contributed by atoms with Crippen molar-refractivity contribution in [1.82, 2.24) is 9.55 Å². The first-order valence-electron chi connectivity index (χ1n) is 6.32. The molecule has 0 spiro atoms. The van der Waals surface area contributed by atoms with Gasteiger partial charge in [0.15, 0.2) is 0 Å². The van der Waals surface area contributed by atoms with Gasteiger partial charge >= 0.3 is 0 Å². The van der Waals surface area contributed by atoms with Gasteiger partial charge in [-0.05, 0) is 52.5 Å². The van der Waals surface area contributed by atoms with Gasteiger partial charge in [0, 0.05) is 12.6 Å². The molecular formula is C15H19BrN2O. The topological polar surface area (TPSA) is 27.1 Å². The number of methoxy groups -OCH3 is 1. The molecule has 0 bridgehead atoms. The van der Waals surface area contributed by atoms with Crippen LogP contribution in [0.15, 0.2) is 22.8 Å². The Kier molecular flexibility index (Phi) is 3.99. The molecule has 2 rings (SSSR count). The Hall–Kier alpha value is -1.29. The van der Waals surface area contributed by atoms with Crippen LogP contribution >= 0.6 is 15.9 Å². The highest BCUT2D eigenvalue weighted by Gasteiger charge is 2.15. The predicted octanol–water partition coefficient (Wildman–Crippen LogP) is 4.29. The van der Waals surface area contributed by atoms with Crippen LogP contribution < -0.4 is 4.74 Å². The van der Waals surface area contributed by atoms with Crippen LogP contribution in [0.3, 0.4) is 0 Å². The van der Waals surface area contributed by atoms with Crippen LogP contribution in [0.4, 0.5) is 0 Å². The Labute approximate surface area is 122 Å². The van der Waals surface area contributed by atoms with E-state index in [2.05, 4.69) is 46.9 Å². The van der Waals surface area contributed by atoms with Gasteiger partial charge in [0.2, 0.25) is 0 Å². The molecule has 0 aliphatic heterocycles. The lowest BCUT2D eigenvalue weighted by Gasteiger charge is -2.13. The summed E-state index contributed by atoms with van der Waals surface area (Å²) in [7, 11) is 3.71. The molecule has 4 heteroatoms. The number of benzene rings is 1. The fourth-order valence-corrected chi connectivity index (χ4v) is 2.67. The monoisotopic (exact) mass is 322 g/mol. The molecule has 0 saturated carbocycles. The first-order chi connectivity index (χ1) is 8.95. The maximum absolute atomic E-state index is 5.42. The van der Waals surface area contributed by atoms with E-state index in [1.54, 1.807) is 7.11 Å². The summed E-state index contributed by atoms with van der Waals surface area (Å²) in [5, 5.41) is 0. The number of hydrogen-bond acceptors (Lipinski definition) is 2. The molecule has 1 heterocycles. The largest absolute Gasteiger partial charge is 0.496 e. The van der Waals surface area contributed by atoms with E-state index >= 15 is 0 Å². The minimum absolute atomic E-state index is 0.415. The molecule has 1 aromatic heterocycles. The highest BCUT2D eigenvalue weighted by Crippen LogP contribution is 2.34. The molecule has 19 heavy (non-hydrogen) atoms. The molecular weight excluding hydrogens is 304 g/mol. The fraction of sp³-hybridized carbons (Fsp3) is 0.400. The second kappa shape index (κ2) is 5.37. The average molecular weight is 323 g/mol. The van der Waals surface area contributed by atoms with Gasteiger partial charge in [-0.1, -0.05) is 13.8 Å². The Morgan fingerprint density at radius 2 is 2.00 bits per heavy atom. The number of rotatable bonds is 3. The van der Waals surface area contributed by atoms with Crippen LogP contribution in [0.2, 0.25) is 0 Å². The van der Waals surface area contributed by atoms with Gasteiger partial charge in [-0.2, -0.15) is 0 Å². The molecule has 0 aliphatic rings. The zero-order chi connectivity index (χ0) is 14.2. The van der Waals surface area contributed by atoms with Gasteiger partial charge in [0.05, 0.1) is 7.11 Å². The lowest BCUT2D eigenvalue weighted by molar-refractivity contribution is 0.407. The van der Waals surface area contributed by atoms with Gasteiger partial charge in [-0.3, -0.25) is 0 Å². The van der Waals surface area contributed by atoms with E-state index in [-0.39, 0.29) is 0 Å². The molecule has 0 N–H and O–H groups in total. The predicted molar refractivity (Wildman–Crippen MR) is 81.7 cm³/mol. The molecule has 0 aliphatic carbocycles. The third-order valence-electron chi connectivity index (χ3n) is 3.37. The summed E-state index contributed by atoms with van der Waals surface area (Å²) in [4.78, 5) is 4.61. The number of halogens is 1. The highest BCUT2D eigenvalue weighted by atomic mass is 79.9. The molecule has 2 aromatic rings. The van der Waals surface area contributed by atoms with Crippen molar-refractivity contribution < 1.29 is 4.74 Å². The van der Waals surface area contributed by atoms with Crippen LogP contribution in [0.5, 0.6) is 5.75 Å². The smallest absolute Gasteiger partial charge is 0.122 e. The van der Waals surface area contributed by atoms with Gasteiger partial charge < -0.3 is 9.30 Å². The molecule has 0 radical (unpaired) electrons. The normalized spacial score (nSPS) is 11.1. The Bertz CT molecular complexity index is 602. The quantitative estimate of drug-likeness (QED) is 0.842. The summed E-state index contributed by atoms with van der Waals surface area (Å²) in [5.74, 6) is 2.34. The first kappa shape index (κ1) is 14.1. The molecule has 3 nitrogen and oxygen atoms in total. The van der Waals surface area contributed by atoms with Gasteiger partial charge in [0.1, 0.15) is 21.9 Å². The van der Waals surface area contributed by atoms with Crippen molar-refractivity contribution in [2.24, 2.45) is 7.05 Å². The average Bonchev–Trinajstić information content (AvgIpc) is 2.65. The fourth-order valence-electron chi connectivity index (χ4n) is 2.10. The number of nitrogens with zero attached hydrogens (tertiary/aromatic N) is 2. The maximum Gasteiger partial charge on any atom is 0.122 e. The zero-order valence-electron chi connectivity index (χ0n) is 12.0. The van der Waals surface area contributed by atoms with Crippen LogP contribution in [-0.4, -0.2) is 16.7 Å². The van der Waals surface area contributed by atoms with E-state index in [0.29, 0.717) is 5.92 Å². The Balaban J connectivity index is 2.57. The Morgan fingerprint density at radius 1 is 1.32 bits per heavy atom. The van der Waals surface area contributed by atoms with Crippen molar-refractivity contribution >= 4 is 15.9 Å². The second-order valence-corrected chi connectivity index (χ2v) is 5.72. The first-order valence-corrected chi connectivity index (χ1v) is 7.12. The molecule has 102 valence electrons.